The molecule has 0 radical (unpaired) electrons. The van der Waals surface area contributed by atoms with Crippen LogP contribution in [0.1, 0.15) is 36.1 Å². The predicted molar refractivity (Wildman–Crippen MR) is 82.3 cm³/mol. The lowest BCUT2D eigenvalue weighted by Gasteiger charge is -2.16. The van der Waals surface area contributed by atoms with Gasteiger partial charge in [-0.1, -0.05) is 35.0 Å². The number of halogens is 1. The second kappa shape index (κ2) is 6.35. The second-order valence-corrected chi connectivity index (χ2v) is 5.62. The van der Waals surface area contributed by atoms with Gasteiger partial charge in [0.2, 0.25) is 0 Å². The van der Waals surface area contributed by atoms with E-state index >= 15 is 0 Å². The van der Waals surface area contributed by atoms with E-state index in [1.165, 1.54) is 16.7 Å². The number of aryl methyl sites for hydroxylation is 2. The van der Waals surface area contributed by atoms with Crippen molar-refractivity contribution < 1.29 is 0 Å². The zero-order valence-corrected chi connectivity index (χ0v) is 13.2. The fourth-order valence-electron chi connectivity index (χ4n) is 2.25. The van der Waals surface area contributed by atoms with Crippen LogP contribution in [0.15, 0.2) is 35.1 Å². The first-order chi connectivity index (χ1) is 9.15. The molecule has 1 aromatic carbocycles. The quantitative estimate of drug-likeness (QED) is 0.910. The topological polar surface area (TPSA) is 29.9 Å². The van der Waals surface area contributed by atoms with Gasteiger partial charge in [-0.25, -0.2) is 0 Å². The normalized spacial score (nSPS) is 12.6. The molecule has 1 unspecified atom stereocenters. The maximum atomic E-state index is 4.41. The molecule has 0 amide bonds. The van der Waals surface area contributed by atoms with Gasteiger partial charge in [0.25, 0.3) is 0 Å². The molecule has 1 heterocycles. The largest absolute Gasteiger partial charge is 0.309 e. The Balaban J connectivity index is 2.29. The summed E-state index contributed by atoms with van der Waals surface area (Å²) in [7, 11) is 1.99. The molecule has 2 aromatic rings. The maximum absolute atomic E-state index is 4.41. The molecule has 3 nitrogen and oxygen atoms in total. The molecule has 0 aliphatic heterocycles. The minimum absolute atomic E-state index is 0.192. The standard InChI is InChI=1S/C15H20BrN3/c1-4-7-19-10-13(9-18-19)15(17-3)12-5-6-14(16)11(2)8-12/h5-6,8-10,15,17H,4,7H2,1-3H3. The van der Waals surface area contributed by atoms with E-state index in [1.54, 1.807) is 0 Å². The molecule has 0 aliphatic rings. The number of rotatable bonds is 5. The molecule has 2 rings (SSSR count). The Hall–Kier alpha value is -1.13. The lowest BCUT2D eigenvalue weighted by Crippen LogP contribution is -2.17. The van der Waals surface area contributed by atoms with Gasteiger partial charge >= 0.3 is 0 Å². The third kappa shape index (κ3) is 3.25. The van der Waals surface area contributed by atoms with Gasteiger partial charge in [-0.2, -0.15) is 5.10 Å². The van der Waals surface area contributed by atoms with Crippen molar-refractivity contribution in [3.05, 3.63) is 51.8 Å². The Morgan fingerprint density at radius 2 is 2.16 bits per heavy atom. The summed E-state index contributed by atoms with van der Waals surface area (Å²) in [6.45, 7) is 5.24. The summed E-state index contributed by atoms with van der Waals surface area (Å²) in [5.41, 5.74) is 3.72. The number of hydrogen-bond acceptors (Lipinski definition) is 2. The first-order valence-corrected chi connectivity index (χ1v) is 7.40. The summed E-state index contributed by atoms with van der Waals surface area (Å²) in [6, 6.07) is 6.65. The molecule has 0 saturated heterocycles. The van der Waals surface area contributed by atoms with Gasteiger partial charge < -0.3 is 5.32 Å². The SMILES string of the molecule is CCCn1cc(C(NC)c2ccc(Br)c(C)c2)cn1. The molecule has 0 saturated carbocycles. The Morgan fingerprint density at radius 3 is 2.79 bits per heavy atom. The van der Waals surface area contributed by atoms with Gasteiger partial charge in [-0.3, -0.25) is 4.68 Å². The van der Waals surface area contributed by atoms with Crippen LogP contribution < -0.4 is 5.32 Å². The van der Waals surface area contributed by atoms with E-state index in [1.807, 2.05) is 17.9 Å². The van der Waals surface area contributed by atoms with Gasteiger partial charge in [0, 0.05) is 22.8 Å². The number of benzene rings is 1. The summed E-state index contributed by atoms with van der Waals surface area (Å²) in [5, 5.41) is 7.78. The average Bonchev–Trinajstić information content (AvgIpc) is 2.83. The van der Waals surface area contributed by atoms with Crippen LogP contribution in [0.5, 0.6) is 0 Å². The number of nitrogens with zero attached hydrogens (tertiary/aromatic N) is 2. The van der Waals surface area contributed by atoms with Crippen LogP contribution in [-0.4, -0.2) is 16.8 Å². The van der Waals surface area contributed by atoms with Crippen molar-refractivity contribution in [2.24, 2.45) is 0 Å². The van der Waals surface area contributed by atoms with Crippen molar-refractivity contribution in [1.82, 2.24) is 15.1 Å². The van der Waals surface area contributed by atoms with E-state index in [0.29, 0.717) is 0 Å². The van der Waals surface area contributed by atoms with Crippen LogP contribution in [0, 0.1) is 6.92 Å². The lowest BCUT2D eigenvalue weighted by molar-refractivity contribution is 0.600. The monoisotopic (exact) mass is 321 g/mol. The summed E-state index contributed by atoms with van der Waals surface area (Å²) < 4.78 is 3.15. The van der Waals surface area contributed by atoms with Crippen molar-refractivity contribution in [2.75, 3.05) is 7.05 Å². The molecule has 1 N–H and O–H groups in total. The van der Waals surface area contributed by atoms with Crippen molar-refractivity contribution in [1.29, 1.82) is 0 Å². The first kappa shape index (κ1) is 14.3. The number of aromatic nitrogens is 2. The molecule has 0 fully saturated rings. The zero-order valence-electron chi connectivity index (χ0n) is 11.7. The zero-order chi connectivity index (χ0) is 13.8. The van der Waals surface area contributed by atoms with Crippen LogP contribution >= 0.6 is 15.9 Å². The van der Waals surface area contributed by atoms with Crippen LogP contribution in [-0.2, 0) is 6.54 Å². The highest BCUT2D eigenvalue weighted by Crippen LogP contribution is 2.25. The molecule has 0 spiro atoms. The molecule has 0 aliphatic carbocycles. The second-order valence-electron chi connectivity index (χ2n) is 4.77. The van der Waals surface area contributed by atoms with E-state index in [4.69, 9.17) is 0 Å². The van der Waals surface area contributed by atoms with Crippen LogP contribution in [0.2, 0.25) is 0 Å². The minimum atomic E-state index is 0.192. The first-order valence-electron chi connectivity index (χ1n) is 6.61. The van der Waals surface area contributed by atoms with E-state index in [2.05, 4.69) is 64.6 Å². The molecule has 4 heteroatoms. The highest BCUT2D eigenvalue weighted by molar-refractivity contribution is 9.10. The van der Waals surface area contributed by atoms with E-state index in [-0.39, 0.29) is 6.04 Å². The molecule has 0 bridgehead atoms. The lowest BCUT2D eigenvalue weighted by atomic mass is 10.00. The predicted octanol–water partition coefficient (Wildman–Crippen LogP) is 3.67. The Kier molecular flexibility index (Phi) is 4.77. The highest BCUT2D eigenvalue weighted by atomic mass is 79.9. The Labute approximate surface area is 123 Å². The van der Waals surface area contributed by atoms with E-state index in [0.717, 1.165) is 17.4 Å². The van der Waals surface area contributed by atoms with E-state index < -0.39 is 0 Å². The maximum Gasteiger partial charge on any atom is 0.0605 e. The van der Waals surface area contributed by atoms with Gasteiger partial charge in [-0.15, -0.1) is 0 Å². The van der Waals surface area contributed by atoms with Gasteiger partial charge in [0.05, 0.1) is 12.2 Å². The van der Waals surface area contributed by atoms with Gasteiger partial charge in [-0.05, 0) is 37.6 Å². The molecule has 19 heavy (non-hydrogen) atoms. The summed E-state index contributed by atoms with van der Waals surface area (Å²) in [6.07, 6.45) is 5.18. The van der Waals surface area contributed by atoms with Crippen molar-refractivity contribution in [2.45, 2.75) is 32.9 Å². The fraction of sp³-hybridized carbons (Fsp3) is 0.400. The average molecular weight is 322 g/mol. The fourth-order valence-corrected chi connectivity index (χ4v) is 2.50. The van der Waals surface area contributed by atoms with E-state index in [9.17, 15) is 0 Å². The Morgan fingerprint density at radius 1 is 1.37 bits per heavy atom. The highest BCUT2D eigenvalue weighted by Gasteiger charge is 2.14. The van der Waals surface area contributed by atoms with Gasteiger partial charge in [0.1, 0.15) is 0 Å². The third-order valence-corrected chi connectivity index (χ3v) is 4.13. The molecule has 1 atom stereocenters. The van der Waals surface area contributed by atoms with Crippen molar-refractivity contribution in [3.8, 4) is 0 Å². The third-order valence-electron chi connectivity index (χ3n) is 3.24. The van der Waals surface area contributed by atoms with Crippen molar-refractivity contribution in [3.63, 3.8) is 0 Å². The van der Waals surface area contributed by atoms with Crippen molar-refractivity contribution >= 4 is 15.9 Å². The van der Waals surface area contributed by atoms with Crippen LogP contribution in [0.25, 0.3) is 0 Å². The van der Waals surface area contributed by atoms with Gasteiger partial charge in [0.15, 0.2) is 0 Å². The molecule has 1 aromatic heterocycles. The molecular weight excluding hydrogens is 302 g/mol. The van der Waals surface area contributed by atoms with Crippen LogP contribution in [0.3, 0.4) is 0 Å². The Bertz CT molecular complexity index is 548. The van der Waals surface area contributed by atoms with Crippen LogP contribution in [0.4, 0.5) is 0 Å². The number of nitrogens with one attached hydrogen (secondary N) is 1. The molecular formula is C15H20BrN3. The summed E-state index contributed by atoms with van der Waals surface area (Å²) in [5.74, 6) is 0. The smallest absolute Gasteiger partial charge is 0.0605 e. The molecule has 102 valence electrons. The minimum Gasteiger partial charge on any atom is -0.309 e. The number of hydrogen-bond donors (Lipinski definition) is 1. The summed E-state index contributed by atoms with van der Waals surface area (Å²) in [4.78, 5) is 0. The summed E-state index contributed by atoms with van der Waals surface area (Å²) >= 11 is 3.54.